The third-order valence-electron chi connectivity index (χ3n) is 2.85. The summed E-state index contributed by atoms with van der Waals surface area (Å²) in [6.07, 6.45) is 1.15. The molecule has 14 heavy (non-hydrogen) atoms. The predicted octanol–water partition coefficient (Wildman–Crippen LogP) is 0.359. The predicted molar refractivity (Wildman–Crippen MR) is 48.9 cm³/mol. The van der Waals surface area contributed by atoms with E-state index in [2.05, 4.69) is 0 Å². The highest BCUT2D eigenvalue weighted by atomic mass is 16.4. The first-order valence-corrected chi connectivity index (χ1v) is 4.88. The molecular weight excluding hydrogens is 184 g/mol. The van der Waals surface area contributed by atoms with E-state index in [4.69, 9.17) is 5.11 Å². The molecule has 1 aliphatic heterocycles. The molecule has 0 bridgehead atoms. The van der Waals surface area contributed by atoms with Crippen LogP contribution in [0.15, 0.2) is 0 Å². The van der Waals surface area contributed by atoms with E-state index in [1.807, 2.05) is 11.8 Å². The SMILES string of the molecule is CC1CN(C2CC2)C(=O)CN1C(=O)O. The molecule has 0 aromatic rings. The molecule has 0 aromatic carbocycles. The van der Waals surface area contributed by atoms with Crippen LogP contribution >= 0.6 is 0 Å². The summed E-state index contributed by atoms with van der Waals surface area (Å²) in [5.41, 5.74) is 0. The second-order valence-electron chi connectivity index (χ2n) is 4.04. The van der Waals surface area contributed by atoms with Crippen LogP contribution in [0.3, 0.4) is 0 Å². The van der Waals surface area contributed by atoms with Gasteiger partial charge in [-0.25, -0.2) is 4.79 Å². The fourth-order valence-electron chi connectivity index (χ4n) is 1.87. The van der Waals surface area contributed by atoms with Crippen LogP contribution in [0.25, 0.3) is 0 Å². The molecule has 1 saturated heterocycles. The zero-order valence-corrected chi connectivity index (χ0v) is 8.14. The van der Waals surface area contributed by atoms with Crippen molar-refractivity contribution in [3.63, 3.8) is 0 Å². The standard InChI is InChI=1S/C9H14N2O3/c1-6-4-11(7-2-3-7)8(12)5-10(6)9(13)14/h6-7H,2-5H2,1H3,(H,13,14). The summed E-state index contributed by atoms with van der Waals surface area (Å²) in [5.74, 6) is -0.0481. The molecule has 0 spiro atoms. The third kappa shape index (κ3) is 1.54. The highest BCUT2D eigenvalue weighted by Gasteiger charge is 2.39. The Labute approximate surface area is 82.3 Å². The van der Waals surface area contributed by atoms with Gasteiger partial charge in [0, 0.05) is 12.6 Å². The Morgan fingerprint density at radius 3 is 2.64 bits per heavy atom. The Kier molecular flexibility index (Phi) is 2.09. The first kappa shape index (κ1) is 9.30. The molecule has 1 atom stereocenters. The number of carbonyl (C=O) groups excluding carboxylic acids is 1. The molecule has 1 aliphatic carbocycles. The third-order valence-corrected chi connectivity index (χ3v) is 2.85. The quantitative estimate of drug-likeness (QED) is 0.661. The van der Waals surface area contributed by atoms with E-state index in [9.17, 15) is 9.59 Å². The zero-order valence-electron chi connectivity index (χ0n) is 8.14. The van der Waals surface area contributed by atoms with Gasteiger partial charge in [-0.1, -0.05) is 0 Å². The molecule has 5 heteroatoms. The van der Waals surface area contributed by atoms with Gasteiger partial charge >= 0.3 is 6.09 Å². The van der Waals surface area contributed by atoms with Crippen molar-refractivity contribution in [1.82, 2.24) is 9.80 Å². The molecule has 1 saturated carbocycles. The lowest BCUT2D eigenvalue weighted by Gasteiger charge is -2.37. The maximum Gasteiger partial charge on any atom is 0.408 e. The monoisotopic (exact) mass is 198 g/mol. The molecule has 0 radical (unpaired) electrons. The largest absolute Gasteiger partial charge is 0.465 e. The minimum absolute atomic E-state index is 0.0208. The molecule has 1 unspecified atom stereocenters. The van der Waals surface area contributed by atoms with Crippen molar-refractivity contribution in [2.24, 2.45) is 0 Å². The number of nitrogens with zero attached hydrogens (tertiary/aromatic N) is 2. The van der Waals surface area contributed by atoms with Gasteiger partial charge in [-0.2, -0.15) is 0 Å². The van der Waals surface area contributed by atoms with Gasteiger partial charge in [-0.05, 0) is 19.8 Å². The Morgan fingerprint density at radius 2 is 2.14 bits per heavy atom. The van der Waals surface area contributed by atoms with Gasteiger partial charge in [-0.3, -0.25) is 9.69 Å². The Morgan fingerprint density at radius 1 is 1.50 bits per heavy atom. The van der Waals surface area contributed by atoms with Crippen molar-refractivity contribution < 1.29 is 14.7 Å². The summed E-state index contributed by atoms with van der Waals surface area (Å²) in [4.78, 5) is 25.3. The first-order chi connectivity index (χ1) is 6.59. The van der Waals surface area contributed by atoms with Crippen molar-refractivity contribution >= 4 is 12.0 Å². The number of amides is 2. The van der Waals surface area contributed by atoms with Crippen LogP contribution in [-0.2, 0) is 4.79 Å². The molecule has 2 rings (SSSR count). The second-order valence-corrected chi connectivity index (χ2v) is 4.04. The van der Waals surface area contributed by atoms with Crippen LogP contribution in [0.5, 0.6) is 0 Å². The van der Waals surface area contributed by atoms with Gasteiger partial charge in [0.25, 0.3) is 0 Å². The maximum absolute atomic E-state index is 11.6. The number of hydrogen-bond donors (Lipinski definition) is 1. The lowest BCUT2D eigenvalue weighted by molar-refractivity contribution is -0.137. The number of rotatable bonds is 1. The van der Waals surface area contributed by atoms with E-state index in [1.165, 1.54) is 4.90 Å². The summed E-state index contributed by atoms with van der Waals surface area (Å²) in [6.45, 7) is 2.42. The lowest BCUT2D eigenvalue weighted by atomic mass is 10.2. The van der Waals surface area contributed by atoms with E-state index in [0.717, 1.165) is 12.8 Å². The van der Waals surface area contributed by atoms with Gasteiger partial charge in [0.2, 0.25) is 5.91 Å². The lowest BCUT2D eigenvalue weighted by Crippen LogP contribution is -2.57. The van der Waals surface area contributed by atoms with E-state index < -0.39 is 6.09 Å². The van der Waals surface area contributed by atoms with Crippen LogP contribution < -0.4 is 0 Å². The number of carbonyl (C=O) groups is 2. The Bertz CT molecular complexity index is 275. The fraction of sp³-hybridized carbons (Fsp3) is 0.778. The summed E-state index contributed by atoms with van der Waals surface area (Å²) in [6, 6.07) is 0.312. The van der Waals surface area contributed by atoms with Gasteiger partial charge in [0.15, 0.2) is 0 Å². The molecule has 1 heterocycles. The minimum Gasteiger partial charge on any atom is -0.465 e. The van der Waals surface area contributed by atoms with Gasteiger partial charge in [-0.15, -0.1) is 0 Å². The average Bonchev–Trinajstić information content (AvgIpc) is 2.91. The smallest absolute Gasteiger partial charge is 0.408 e. The van der Waals surface area contributed by atoms with Gasteiger partial charge in [0.05, 0.1) is 6.04 Å². The highest BCUT2D eigenvalue weighted by Crippen LogP contribution is 2.29. The summed E-state index contributed by atoms with van der Waals surface area (Å²) >= 11 is 0. The Hall–Kier alpha value is -1.26. The molecule has 2 aliphatic rings. The second kappa shape index (κ2) is 3.15. The summed E-state index contributed by atoms with van der Waals surface area (Å²) < 4.78 is 0. The first-order valence-electron chi connectivity index (χ1n) is 4.88. The van der Waals surface area contributed by atoms with E-state index in [0.29, 0.717) is 12.6 Å². The molecule has 2 fully saturated rings. The topological polar surface area (TPSA) is 60.9 Å². The van der Waals surface area contributed by atoms with Crippen molar-refractivity contribution in [3.8, 4) is 0 Å². The molecular formula is C9H14N2O3. The zero-order chi connectivity index (χ0) is 10.3. The van der Waals surface area contributed by atoms with Crippen LogP contribution in [0.1, 0.15) is 19.8 Å². The summed E-state index contributed by atoms with van der Waals surface area (Å²) in [7, 11) is 0. The van der Waals surface area contributed by atoms with Crippen LogP contribution in [-0.4, -0.2) is 52.1 Å². The number of piperazine rings is 1. The molecule has 5 nitrogen and oxygen atoms in total. The normalized spacial score (nSPS) is 28.1. The fourth-order valence-corrected chi connectivity index (χ4v) is 1.87. The summed E-state index contributed by atoms with van der Waals surface area (Å²) in [5, 5.41) is 8.82. The van der Waals surface area contributed by atoms with E-state index in [1.54, 1.807) is 0 Å². The number of carboxylic acid groups (broad SMARTS) is 1. The number of hydrogen-bond acceptors (Lipinski definition) is 2. The average molecular weight is 198 g/mol. The van der Waals surface area contributed by atoms with Crippen molar-refractivity contribution in [2.45, 2.75) is 31.8 Å². The highest BCUT2D eigenvalue weighted by molar-refractivity contribution is 5.83. The van der Waals surface area contributed by atoms with Crippen LogP contribution in [0.2, 0.25) is 0 Å². The van der Waals surface area contributed by atoms with Crippen molar-refractivity contribution in [1.29, 1.82) is 0 Å². The van der Waals surface area contributed by atoms with Crippen molar-refractivity contribution in [3.05, 3.63) is 0 Å². The van der Waals surface area contributed by atoms with Gasteiger partial charge < -0.3 is 10.0 Å². The molecule has 0 aromatic heterocycles. The minimum atomic E-state index is -0.999. The van der Waals surface area contributed by atoms with Gasteiger partial charge in [0.1, 0.15) is 6.54 Å². The van der Waals surface area contributed by atoms with E-state index >= 15 is 0 Å². The molecule has 1 N–H and O–H groups in total. The molecule has 2 amide bonds. The van der Waals surface area contributed by atoms with Crippen LogP contribution in [0.4, 0.5) is 4.79 Å². The Balaban J connectivity index is 2.04. The maximum atomic E-state index is 11.6. The van der Waals surface area contributed by atoms with Crippen molar-refractivity contribution in [2.75, 3.05) is 13.1 Å². The van der Waals surface area contributed by atoms with E-state index in [-0.39, 0.29) is 18.5 Å². The molecule has 78 valence electrons. The van der Waals surface area contributed by atoms with Crippen LogP contribution in [0, 0.1) is 0 Å².